The van der Waals surface area contributed by atoms with Gasteiger partial charge in [0.2, 0.25) is 15.9 Å². The van der Waals surface area contributed by atoms with Crippen molar-refractivity contribution in [1.82, 2.24) is 8.87 Å². The van der Waals surface area contributed by atoms with E-state index in [2.05, 4.69) is 5.32 Å². The lowest BCUT2D eigenvalue weighted by molar-refractivity contribution is -0.116. The minimum atomic E-state index is -3.59. The molecule has 1 N–H and O–H groups in total. The predicted molar refractivity (Wildman–Crippen MR) is 106 cm³/mol. The molecule has 9 heteroatoms. The first kappa shape index (κ1) is 19.8. The topological polar surface area (TPSA) is 88.5 Å². The zero-order chi connectivity index (χ0) is 19.6. The Kier molecular flexibility index (Phi) is 5.83. The Balaban J connectivity index is 1.81. The normalized spacial score (nSPS) is 15.6. The molecule has 7 nitrogen and oxygen atoms in total. The molecule has 1 saturated heterocycles. The van der Waals surface area contributed by atoms with E-state index >= 15 is 0 Å². The van der Waals surface area contributed by atoms with Gasteiger partial charge in [-0.1, -0.05) is 23.8 Å². The number of aryl methyl sites for hydroxylation is 2. The van der Waals surface area contributed by atoms with Crippen molar-refractivity contribution in [3.63, 3.8) is 0 Å². The highest BCUT2D eigenvalue weighted by Crippen LogP contribution is 2.26. The second-order valence-electron chi connectivity index (χ2n) is 6.72. The molecule has 0 saturated carbocycles. The fraction of sp³-hybridized carbons (Fsp3) is 0.444. The molecule has 0 atom stereocenters. The van der Waals surface area contributed by atoms with E-state index in [4.69, 9.17) is 0 Å². The molecule has 27 heavy (non-hydrogen) atoms. The maximum absolute atomic E-state index is 13.0. The molecule has 0 bridgehead atoms. The lowest BCUT2D eigenvalue weighted by atomic mass is 10.2. The fourth-order valence-electron chi connectivity index (χ4n) is 3.14. The number of rotatable bonds is 5. The molecule has 2 aromatic rings. The summed E-state index contributed by atoms with van der Waals surface area (Å²) in [6.07, 6.45) is 2.77. The maximum atomic E-state index is 13.0. The van der Waals surface area contributed by atoms with E-state index in [1.807, 2.05) is 0 Å². The van der Waals surface area contributed by atoms with Crippen LogP contribution in [0.3, 0.4) is 0 Å². The number of amides is 1. The highest BCUT2D eigenvalue weighted by molar-refractivity contribution is 7.89. The van der Waals surface area contributed by atoms with Crippen LogP contribution in [-0.4, -0.2) is 36.3 Å². The Labute approximate surface area is 162 Å². The Hall–Kier alpha value is -1.97. The zero-order valence-electron chi connectivity index (χ0n) is 15.4. The molecule has 0 spiro atoms. The molecule has 146 valence electrons. The molecule has 1 amide bonds. The molecule has 2 heterocycles. The minimum absolute atomic E-state index is 0.101. The summed E-state index contributed by atoms with van der Waals surface area (Å²) < 4.78 is 28.8. The lowest BCUT2D eigenvalue weighted by Gasteiger charge is -2.26. The molecule has 0 aliphatic carbocycles. The first-order chi connectivity index (χ1) is 12.8. The van der Waals surface area contributed by atoms with Crippen LogP contribution in [0.25, 0.3) is 0 Å². The maximum Gasteiger partial charge on any atom is 0.307 e. The SMILES string of the molecule is Cc1ccc(NC(=O)Cn2c(C)csc2=O)cc1S(=O)(=O)N1CCCCC1. The van der Waals surface area contributed by atoms with Gasteiger partial charge in [0.25, 0.3) is 0 Å². The van der Waals surface area contributed by atoms with Gasteiger partial charge in [0.15, 0.2) is 0 Å². The standard InChI is InChI=1S/C18H23N3O4S2/c1-13-6-7-15(19-17(22)11-21-14(2)12-26-18(21)23)10-16(13)27(24,25)20-8-4-3-5-9-20/h6-7,10,12H,3-5,8-9,11H2,1-2H3,(H,19,22). The number of thiazole rings is 1. The minimum Gasteiger partial charge on any atom is -0.324 e. The van der Waals surface area contributed by atoms with Crippen LogP contribution in [0.5, 0.6) is 0 Å². The van der Waals surface area contributed by atoms with Gasteiger partial charge >= 0.3 is 4.87 Å². The van der Waals surface area contributed by atoms with Crippen molar-refractivity contribution in [2.24, 2.45) is 0 Å². The molecular weight excluding hydrogens is 386 g/mol. The van der Waals surface area contributed by atoms with Crippen molar-refractivity contribution >= 4 is 33.0 Å². The van der Waals surface area contributed by atoms with Crippen molar-refractivity contribution in [1.29, 1.82) is 0 Å². The first-order valence-corrected chi connectivity index (χ1v) is 11.2. The molecular formula is C18H23N3O4S2. The molecule has 0 radical (unpaired) electrons. The molecule has 1 fully saturated rings. The summed E-state index contributed by atoms with van der Waals surface area (Å²) in [6.45, 7) is 4.46. The summed E-state index contributed by atoms with van der Waals surface area (Å²) in [5.41, 5.74) is 1.77. The number of aromatic nitrogens is 1. The Morgan fingerprint density at radius 3 is 2.52 bits per heavy atom. The predicted octanol–water partition coefficient (Wildman–Crippen LogP) is 2.34. The highest BCUT2D eigenvalue weighted by Gasteiger charge is 2.27. The Morgan fingerprint density at radius 2 is 1.89 bits per heavy atom. The van der Waals surface area contributed by atoms with Gasteiger partial charge in [-0.25, -0.2) is 8.42 Å². The third-order valence-corrected chi connectivity index (χ3v) is 7.60. The molecule has 0 unspecified atom stereocenters. The average Bonchev–Trinajstić information content (AvgIpc) is 2.96. The van der Waals surface area contributed by atoms with Crippen LogP contribution in [0.2, 0.25) is 0 Å². The van der Waals surface area contributed by atoms with E-state index < -0.39 is 10.0 Å². The van der Waals surface area contributed by atoms with Gasteiger partial charge in [-0.15, -0.1) is 0 Å². The summed E-state index contributed by atoms with van der Waals surface area (Å²) in [5.74, 6) is -0.372. The number of benzene rings is 1. The van der Waals surface area contributed by atoms with E-state index in [0.717, 1.165) is 36.3 Å². The number of carbonyl (C=O) groups is 1. The van der Waals surface area contributed by atoms with E-state index in [1.165, 1.54) is 14.9 Å². The number of sulfonamides is 1. The third-order valence-electron chi connectivity index (χ3n) is 4.68. The van der Waals surface area contributed by atoms with E-state index in [0.29, 0.717) is 24.3 Å². The van der Waals surface area contributed by atoms with Crippen molar-refractivity contribution in [3.8, 4) is 0 Å². The number of carbonyl (C=O) groups excluding carboxylic acids is 1. The van der Waals surface area contributed by atoms with Gasteiger partial charge in [-0.2, -0.15) is 4.31 Å². The first-order valence-electron chi connectivity index (χ1n) is 8.84. The van der Waals surface area contributed by atoms with Crippen LogP contribution in [0, 0.1) is 13.8 Å². The molecule has 1 aromatic carbocycles. The van der Waals surface area contributed by atoms with Gasteiger partial charge < -0.3 is 5.32 Å². The lowest BCUT2D eigenvalue weighted by Crippen LogP contribution is -2.36. The summed E-state index contributed by atoms with van der Waals surface area (Å²) in [7, 11) is -3.59. The van der Waals surface area contributed by atoms with Crippen LogP contribution < -0.4 is 10.2 Å². The summed E-state index contributed by atoms with van der Waals surface area (Å²) in [4.78, 5) is 24.1. The van der Waals surface area contributed by atoms with E-state index in [9.17, 15) is 18.0 Å². The smallest absolute Gasteiger partial charge is 0.307 e. The van der Waals surface area contributed by atoms with Crippen LogP contribution in [0.15, 0.2) is 33.3 Å². The van der Waals surface area contributed by atoms with Crippen molar-refractivity contribution < 1.29 is 13.2 Å². The Morgan fingerprint density at radius 1 is 1.19 bits per heavy atom. The second kappa shape index (κ2) is 7.95. The van der Waals surface area contributed by atoms with E-state index in [1.54, 1.807) is 31.4 Å². The molecule has 3 rings (SSSR count). The number of hydrogen-bond donors (Lipinski definition) is 1. The quantitative estimate of drug-likeness (QED) is 0.821. The summed E-state index contributed by atoms with van der Waals surface area (Å²) in [6, 6.07) is 4.86. The molecule has 1 aliphatic rings. The van der Waals surface area contributed by atoms with Crippen molar-refractivity contribution in [3.05, 3.63) is 44.5 Å². The number of hydrogen-bond acceptors (Lipinski definition) is 5. The van der Waals surface area contributed by atoms with Crippen LogP contribution in [0.1, 0.15) is 30.5 Å². The molecule has 1 aromatic heterocycles. The summed E-state index contributed by atoms with van der Waals surface area (Å²) in [5, 5.41) is 4.40. The van der Waals surface area contributed by atoms with Crippen LogP contribution in [-0.2, 0) is 21.4 Å². The largest absolute Gasteiger partial charge is 0.324 e. The van der Waals surface area contributed by atoms with Gasteiger partial charge in [-0.3, -0.25) is 14.2 Å². The van der Waals surface area contributed by atoms with E-state index in [-0.39, 0.29) is 22.2 Å². The van der Waals surface area contributed by atoms with Crippen molar-refractivity contribution in [2.75, 3.05) is 18.4 Å². The summed E-state index contributed by atoms with van der Waals surface area (Å²) >= 11 is 1.05. The second-order valence-corrected chi connectivity index (χ2v) is 9.45. The van der Waals surface area contributed by atoms with Gasteiger partial charge in [0.1, 0.15) is 6.54 Å². The monoisotopic (exact) mass is 409 g/mol. The third kappa shape index (κ3) is 4.31. The fourth-order valence-corrected chi connectivity index (χ4v) is 5.64. The Bertz CT molecular complexity index is 1000. The van der Waals surface area contributed by atoms with Crippen LogP contribution in [0.4, 0.5) is 5.69 Å². The zero-order valence-corrected chi connectivity index (χ0v) is 17.0. The number of piperidine rings is 1. The highest BCUT2D eigenvalue weighted by atomic mass is 32.2. The number of anilines is 1. The van der Waals surface area contributed by atoms with Crippen LogP contribution >= 0.6 is 11.3 Å². The van der Waals surface area contributed by atoms with Crippen molar-refractivity contribution in [2.45, 2.75) is 44.6 Å². The average molecular weight is 410 g/mol. The number of nitrogens with zero attached hydrogens (tertiary/aromatic N) is 2. The van der Waals surface area contributed by atoms with Gasteiger partial charge in [0, 0.05) is 29.9 Å². The van der Waals surface area contributed by atoms with Gasteiger partial charge in [0.05, 0.1) is 4.90 Å². The molecule has 1 aliphatic heterocycles. The van der Waals surface area contributed by atoms with Gasteiger partial charge in [-0.05, 0) is 44.4 Å². The number of nitrogens with one attached hydrogen (secondary N) is 1.